The van der Waals surface area contributed by atoms with Crippen molar-refractivity contribution >= 4 is 22.6 Å². The Morgan fingerprint density at radius 3 is 2.61 bits per heavy atom. The van der Waals surface area contributed by atoms with E-state index in [-0.39, 0.29) is 56.9 Å². The molecule has 0 saturated heterocycles. The molecule has 1 unspecified atom stereocenters. The molecule has 4 rings (SSSR count). The molecule has 0 aliphatic carbocycles. The summed E-state index contributed by atoms with van der Waals surface area (Å²) in [5, 5.41) is 3.62. The zero-order valence-corrected chi connectivity index (χ0v) is 20.1. The molecule has 1 N–H and O–H groups in total. The quantitative estimate of drug-likeness (QED) is 0.234. The summed E-state index contributed by atoms with van der Waals surface area (Å²) in [5.74, 6) is 2.35. The van der Waals surface area contributed by atoms with Crippen LogP contribution in [0.3, 0.4) is 0 Å². The first-order valence-electron chi connectivity index (χ1n) is 10.4. The van der Waals surface area contributed by atoms with E-state index in [1.165, 1.54) is 31.6 Å². The molecule has 3 aromatic heterocycles. The van der Waals surface area contributed by atoms with E-state index in [1.54, 1.807) is 25.1 Å². The minimum absolute atomic E-state index is 0.0758. The zero-order valence-electron chi connectivity index (χ0n) is 19.3. The molecule has 8 nitrogen and oxygen atoms in total. The molecule has 0 spiro atoms. The van der Waals surface area contributed by atoms with Gasteiger partial charge in [0.15, 0.2) is 11.5 Å². The molecule has 1 aromatic carbocycles. The molecular weight excluding hydrogens is 497 g/mol. The van der Waals surface area contributed by atoms with Gasteiger partial charge in [-0.25, -0.2) is 4.98 Å². The van der Waals surface area contributed by atoms with Crippen molar-refractivity contribution in [3.05, 3.63) is 69.6 Å². The molecular formula is C24H19F3N4O4S. The summed E-state index contributed by atoms with van der Waals surface area (Å²) in [5.41, 5.74) is -2.41. The largest absolute Gasteiger partial charge is 0.616 e. The monoisotopic (exact) mass is 516 g/mol. The molecule has 0 bridgehead atoms. The fourth-order valence-corrected chi connectivity index (χ4v) is 4.38. The maximum absolute atomic E-state index is 14.0. The summed E-state index contributed by atoms with van der Waals surface area (Å²) in [6.45, 7) is 1.56. The lowest BCUT2D eigenvalue weighted by Gasteiger charge is -2.10. The summed E-state index contributed by atoms with van der Waals surface area (Å²) in [6, 6.07) is 7.75. The molecule has 0 amide bonds. The highest BCUT2D eigenvalue weighted by Gasteiger charge is 2.40. The number of nitrogens with one attached hydrogen (secondary N) is 1. The summed E-state index contributed by atoms with van der Waals surface area (Å²) in [7, 11) is 1.37. The Kier molecular flexibility index (Phi) is 6.71. The highest BCUT2D eigenvalue weighted by atomic mass is 32.2. The van der Waals surface area contributed by atoms with Gasteiger partial charge in [-0.3, -0.25) is 4.79 Å². The number of halogens is 3. The van der Waals surface area contributed by atoms with Crippen LogP contribution in [-0.2, 0) is 27.8 Å². The normalized spacial score (nSPS) is 13.1. The van der Waals surface area contributed by atoms with Crippen molar-refractivity contribution in [2.45, 2.75) is 18.9 Å². The van der Waals surface area contributed by atoms with E-state index in [0.717, 1.165) is 0 Å². The highest BCUT2D eigenvalue weighted by molar-refractivity contribution is 7.89. The second-order valence-corrected chi connectivity index (χ2v) is 9.09. The van der Waals surface area contributed by atoms with Crippen LogP contribution in [0.1, 0.15) is 22.8 Å². The van der Waals surface area contributed by atoms with Gasteiger partial charge in [0.2, 0.25) is 5.89 Å². The van der Waals surface area contributed by atoms with Crippen LogP contribution < -0.4 is 5.56 Å². The third kappa shape index (κ3) is 4.50. The first-order chi connectivity index (χ1) is 17.1. The smallest absolute Gasteiger partial charge is 0.435 e. The van der Waals surface area contributed by atoms with Gasteiger partial charge in [-0.15, -0.1) is 6.42 Å². The Balaban J connectivity index is 2.08. The Morgan fingerprint density at radius 1 is 1.33 bits per heavy atom. The van der Waals surface area contributed by atoms with Gasteiger partial charge in [0, 0.05) is 6.08 Å². The van der Waals surface area contributed by atoms with Gasteiger partial charge in [0.1, 0.15) is 28.4 Å². The van der Waals surface area contributed by atoms with E-state index in [4.69, 9.17) is 15.6 Å². The molecule has 1 atom stereocenters. The number of terminal acetylenes is 1. The number of alkyl halides is 3. The molecule has 0 aliphatic heterocycles. The van der Waals surface area contributed by atoms with Crippen LogP contribution in [0.4, 0.5) is 13.2 Å². The van der Waals surface area contributed by atoms with Crippen LogP contribution in [0.5, 0.6) is 0 Å². The number of hydrogen-bond donors (Lipinski definition) is 1. The first kappa shape index (κ1) is 25.2. The van der Waals surface area contributed by atoms with Crippen LogP contribution in [0, 0.1) is 19.3 Å². The average Bonchev–Trinajstić information content (AvgIpc) is 3.39. The molecule has 12 heteroatoms. The lowest BCUT2D eigenvalue weighted by atomic mass is 10.1. The van der Waals surface area contributed by atoms with Gasteiger partial charge >= 0.3 is 6.18 Å². The number of nitrogens with zero attached hydrogens (tertiary/aromatic N) is 3. The molecule has 0 fully saturated rings. The minimum Gasteiger partial charge on any atom is -0.616 e. The van der Waals surface area contributed by atoms with Crippen LogP contribution in [-0.4, -0.2) is 37.5 Å². The third-order valence-corrected chi connectivity index (χ3v) is 5.91. The lowest BCUT2D eigenvalue weighted by Crippen LogP contribution is -2.22. The van der Waals surface area contributed by atoms with E-state index in [1.807, 2.05) is 0 Å². The van der Waals surface area contributed by atoms with Crippen molar-refractivity contribution in [2.75, 3.05) is 13.4 Å². The number of hydrogen-bond acceptors (Lipinski definition) is 6. The third-order valence-electron chi connectivity index (χ3n) is 5.22. The predicted molar refractivity (Wildman–Crippen MR) is 128 cm³/mol. The fraction of sp³-hybridized carbons (Fsp3) is 0.208. The van der Waals surface area contributed by atoms with Gasteiger partial charge in [-0.05, 0) is 12.5 Å². The second kappa shape index (κ2) is 9.60. The number of benzene rings is 1. The minimum atomic E-state index is -4.86. The van der Waals surface area contributed by atoms with E-state index < -0.39 is 28.6 Å². The van der Waals surface area contributed by atoms with Gasteiger partial charge in [0.05, 0.1) is 24.6 Å². The Morgan fingerprint density at radius 2 is 2.03 bits per heavy atom. The van der Waals surface area contributed by atoms with E-state index >= 15 is 0 Å². The number of H-pyrrole nitrogens is 1. The first-order valence-corrected chi connectivity index (χ1v) is 12.1. The van der Waals surface area contributed by atoms with Gasteiger partial charge in [-0.1, -0.05) is 47.4 Å². The fourth-order valence-electron chi connectivity index (χ4n) is 3.76. The number of aryl methyl sites for hydroxylation is 1. The summed E-state index contributed by atoms with van der Waals surface area (Å²) in [6.07, 6.45) is 3.16. The predicted octanol–water partition coefficient (Wildman–Crippen LogP) is 4.17. The Hall–Kier alpha value is -3.95. The number of rotatable bonds is 6. The molecule has 186 valence electrons. The topological polar surface area (TPSA) is 108 Å². The number of methoxy groups -OCH3 is 1. The number of aromatic amines is 1. The summed E-state index contributed by atoms with van der Waals surface area (Å²) >= 11 is -1.48. The lowest BCUT2D eigenvalue weighted by molar-refractivity contribution is -0.140. The molecule has 0 aliphatic rings. The number of aromatic nitrogens is 4. The number of ether oxygens (including phenoxy) is 1. The molecule has 4 aromatic rings. The van der Waals surface area contributed by atoms with Crippen LogP contribution in [0.15, 0.2) is 45.6 Å². The van der Waals surface area contributed by atoms with Crippen molar-refractivity contribution in [3.63, 3.8) is 0 Å². The number of oxazole rings is 1. The maximum Gasteiger partial charge on any atom is 0.435 e. The van der Waals surface area contributed by atoms with Crippen molar-refractivity contribution in [1.82, 2.24) is 19.6 Å². The standard InChI is InChI=1S/C24H19F3N4O4S/c1-5-9-16(34-3)19-13(2)35-22(29-19)18-15(12-36(4)33)28-21-17(14-10-7-6-8-11-14)20(24(25,26)27)30-31(21)23(18)32/h1,6-11,28H,12H2,2-4H3/b16-9+. The van der Waals surface area contributed by atoms with Crippen molar-refractivity contribution in [1.29, 1.82) is 0 Å². The van der Waals surface area contributed by atoms with Gasteiger partial charge in [-0.2, -0.15) is 22.8 Å². The number of allylic oxidation sites excluding steroid dienone is 1. The summed E-state index contributed by atoms with van der Waals surface area (Å²) < 4.78 is 65.7. The second-order valence-electron chi connectivity index (χ2n) is 7.65. The maximum atomic E-state index is 14.0. The molecule has 0 saturated carbocycles. The zero-order chi connectivity index (χ0) is 26.2. The van der Waals surface area contributed by atoms with E-state index in [2.05, 4.69) is 21.0 Å². The average molecular weight is 517 g/mol. The van der Waals surface area contributed by atoms with E-state index in [0.29, 0.717) is 4.52 Å². The van der Waals surface area contributed by atoms with Gasteiger partial charge < -0.3 is 18.7 Å². The van der Waals surface area contributed by atoms with Crippen LogP contribution in [0.2, 0.25) is 0 Å². The van der Waals surface area contributed by atoms with Crippen molar-refractivity contribution in [3.8, 4) is 34.9 Å². The Bertz CT molecular complexity index is 1560. The molecule has 36 heavy (non-hydrogen) atoms. The van der Waals surface area contributed by atoms with Crippen LogP contribution in [0.25, 0.3) is 34.0 Å². The van der Waals surface area contributed by atoms with E-state index in [9.17, 15) is 22.5 Å². The summed E-state index contributed by atoms with van der Waals surface area (Å²) in [4.78, 5) is 20.7. The molecule has 3 heterocycles. The Labute approximate surface area is 206 Å². The van der Waals surface area contributed by atoms with Crippen molar-refractivity contribution < 1.29 is 26.9 Å². The molecule has 0 radical (unpaired) electrons. The number of fused-ring (bicyclic) bond motifs is 1. The van der Waals surface area contributed by atoms with Gasteiger partial charge in [0.25, 0.3) is 5.56 Å². The SMILES string of the molecule is C#C/C=C(/OC)c1nc(-c2c(C[S+](C)[O-])[nH]c3c(-c4ccccc4)c(C(F)(F)F)nn3c2=O)oc1C. The highest BCUT2D eigenvalue weighted by Crippen LogP contribution is 2.38. The van der Waals surface area contributed by atoms with Crippen molar-refractivity contribution in [2.24, 2.45) is 0 Å². The van der Waals surface area contributed by atoms with Crippen LogP contribution >= 0.6 is 0 Å².